The minimum Gasteiger partial charge on any atom is -0.481 e. The summed E-state index contributed by atoms with van der Waals surface area (Å²) in [6.45, 7) is 2.63. The van der Waals surface area contributed by atoms with Crippen LogP contribution in [-0.4, -0.2) is 36.6 Å². The molecule has 0 aromatic rings. The Morgan fingerprint density at radius 3 is 2.73 bits per heavy atom. The third-order valence-corrected chi connectivity index (χ3v) is 1.68. The smallest absolute Gasteiger partial charge is 0.303 e. The number of hydrogen-bond donors (Lipinski definition) is 3. The fourth-order valence-electron chi connectivity index (χ4n) is 0.969. The van der Waals surface area contributed by atoms with Crippen LogP contribution in [0.1, 0.15) is 13.3 Å². The summed E-state index contributed by atoms with van der Waals surface area (Å²) < 4.78 is 0. The summed E-state index contributed by atoms with van der Waals surface area (Å²) >= 11 is 0. The summed E-state index contributed by atoms with van der Waals surface area (Å²) in [6.07, 6.45) is 5.04. The molecule has 15 heavy (non-hydrogen) atoms. The van der Waals surface area contributed by atoms with Crippen LogP contribution in [0.15, 0.2) is 0 Å². The molecule has 0 aliphatic rings. The molecule has 1 atom stereocenters. The zero-order valence-electron chi connectivity index (χ0n) is 8.75. The molecule has 0 saturated heterocycles. The molecule has 0 aromatic carbocycles. The second-order valence-corrected chi connectivity index (χ2v) is 3.31. The number of carboxylic acid groups (broad SMARTS) is 1. The summed E-state index contributed by atoms with van der Waals surface area (Å²) in [4.78, 5) is 21.4. The van der Waals surface area contributed by atoms with E-state index in [0.29, 0.717) is 13.1 Å². The van der Waals surface area contributed by atoms with E-state index >= 15 is 0 Å². The van der Waals surface area contributed by atoms with Crippen molar-refractivity contribution in [3.8, 4) is 12.3 Å². The maximum Gasteiger partial charge on any atom is 0.303 e. The Morgan fingerprint density at radius 2 is 2.20 bits per heavy atom. The molecule has 0 heterocycles. The van der Waals surface area contributed by atoms with Crippen molar-refractivity contribution >= 4 is 11.9 Å². The Hall–Kier alpha value is -1.54. The van der Waals surface area contributed by atoms with Crippen LogP contribution in [0.3, 0.4) is 0 Å². The van der Waals surface area contributed by atoms with Crippen LogP contribution in [0.2, 0.25) is 0 Å². The molecule has 5 nitrogen and oxygen atoms in total. The van der Waals surface area contributed by atoms with Gasteiger partial charge in [-0.05, 0) is 5.92 Å². The molecule has 1 unspecified atom stereocenters. The van der Waals surface area contributed by atoms with Gasteiger partial charge in [0.05, 0.1) is 13.1 Å². The number of carboxylic acids is 1. The van der Waals surface area contributed by atoms with Gasteiger partial charge in [-0.2, -0.15) is 0 Å². The molecule has 0 saturated carbocycles. The van der Waals surface area contributed by atoms with Crippen LogP contribution in [0.5, 0.6) is 0 Å². The Morgan fingerprint density at radius 1 is 1.53 bits per heavy atom. The van der Waals surface area contributed by atoms with Gasteiger partial charge in [-0.1, -0.05) is 12.8 Å². The average Bonchev–Trinajstić information content (AvgIpc) is 2.14. The first kappa shape index (κ1) is 13.5. The highest BCUT2D eigenvalue weighted by atomic mass is 16.4. The highest BCUT2D eigenvalue weighted by Crippen LogP contribution is 1.98. The van der Waals surface area contributed by atoms with Crippen LogP contribution in [0, 0.1) is 18.3 Å². The van der Waals surface area contributed by atoms with E-state index < -0.39 is 5.97 Å². The van der Waals surface area contributed by atoms with Crippen LogP contribution >= 0.6 is 0 Å². The fourth-order valence-corrected chi connectivity index (χ4v) is 0.969. The molecule has 5 heteroatoms. The van der Waals surface area contributed by atoms with Crippen molar-refractivity contribution < 1.29 is 14.7 Å². The minimum atomic E-state index is -0.859. The van der Waals surface area contributed by atoms with Crippen LogP contribution in [-0.2, 0) is 9.59 Å². The number of nitrogens with one attached hydrogen (secondary N) is 2. The minimum absolute atomic E-state index is 0.0536. The van der Waals surface area contributed by atoms with Gasteiger partial charge in [0.15, 0.2) is 0 Å². The molecule has 84 valence electrons. The summed E-state index contributed by atoms with van der Waals surface area (Å²) in [5.74, 6) is 1.24. The van der Waals surface area contributed by atoms with E-state index in [1.807, 2.05) is 0 Å². The Labute approximate surface area is 89.2 Å². The number of amides is 1. The Balaban J connectivity index is 3.53. The largest absolute Gasteiger partial charge is 0.481 e. The standard InChI is InChI=1S/C10H16N2O3/c1-3-4-11-7-9(13)12-6-8(2)5-10(14)15/h1,8,11H,4-7H2,2H3,(H,12,13)(H,14,15). The molecule has 0 aliphatic carbocycles. The number of hydrogen-bond acceptors (Lipinski definition) is 3. The number of carbonyl (C=O) groups excluding carboxylic acids is 1. The van der Waals surface area contributed by atoms with Gasteiger partial charge >= 0.3 is 5.97 Å². The fraction of sp³-hybridized carbons (Fsp3) is 0.600. The lowest BCUT2D eigenvalue weighted by atomic mass is 10.1. The van der Waals surface area contributed by atoms with Crippen molar-refractivity contribution in [2.45, 2.75) is 13.3 Å². The number of rotatable bonds is 7. The third kappa shape index (κ3) is 8.78. The van der Waals surface area contributed by atoms with Crippen molar-refractivity contribution in [2.24, 2.45) is 5.92 Å². The van der Waals surface area contributed by atoms with Gasteiger partial charge in [0, 0.05) is 13.0 Å². The summed E-state index contributed by atoms with van der Waals surface area (Å²) in [7, 11) is 0. The summed E-state index contributed by atoms with van der Waals surface area (Å²) in [5, 5.41) is 13.8. The highest BCUT2D eigenvalue weighted by molar-refractivity contribution is 5.78. The molecular formula is C10H16N2O3. The number of aliphatic carboxylic acids is 1. The molecule has 0 spiro atoms. The predicted octanol–water partition coefficient (Wildman–Crippen LogP) is -0.564. The van der Waals surface area contributed by atoms with E-state index in [1.165, 1.54) is 0 Å². The van der Waals surface area contributed by atoms with E-state index in [2.05, 4.69) is 16.6 Å². The predicted molar refractivity (Wildman–Crippen MR) is 56.1 cm³/mol. The Kier molecular flexibility index (Phi) is 7.02. The molecule has 0 fully saturated rings. The molecule has 0 bridgehead atoms. The van der Waals surface area contributed by atoms with E-state index in [4.69, 9.17) is 11.5 Å². The Bertz CT molecular complexity index is 258. The molecular weight excluding hydrogens is 196 g/mol. The van der Waals surface area contributed by atoms with Crippen molar-refractivity contribution in [3.63, 3.8) is 0 Å². The first-order chi connectivity index (χ1) is 7.06. The van der Waals surface area contributed by atoms with Crippen molar-refractivity contribution in [1.82, 2.24) is 10.6 Å². The van der Waals surface area contributed by atoms with Crippen LogP contribution < -0.4 is 10.6 Å². The number of terminal acetylenes is 1. The van der Waals surface area contributed by atoms with Gasteiger partial charge in [-0.15, -0.1) is 6.42 Å². The van der Waals surface area contributed by atoms with E-state index in [9.17, 15) is 9.59 Å². The SMILES string of the molecule is C#CCNCC(=O)NCC(C)CC(=O)O. The van der Waals surface area contributed by atoms with Crippen molar-refractivity contribution in [3.05, 3.63) is 0 Å². The quantitative estimate of drug-likeness (QED) is 0.390. The topological polar surface area (TPSA) is 78.4 Å². The second kappa shape index (κ2) is 7.83. The summed E-state index contributed by atoms with van der Waals surface area (Å²) in [5.41, 5.74) is 0. The monoisotopic (exact) mass is 212 g/mol. The second-order valence-electron chi connectivity index (χ2n) is 3.31. The first-order valence-electron chi connectivity index (χ1n) is 4.69. The van der Waals surface area contributed by atoms with Gasteiger partial charge in [0.2, 0.25) is 5.91 Å². The van der Waals surface area contributed by atoms with E-state index in [0.717, 1.165) is 0 Å². The molecule has 0 rings (SSSR count). The lowest BCUT2D eigenvalue weighted by Crippen LogP contribution is -2.36. The van der Waals surface area contributed by atoms with Gasteiger partial charge in [-0.25, -0.2) is 0 Å². The maximum absolute atomic E-state index is 11.1. The maximum atomic E-state index is 11.1. The van der Waals surface area contributed by atoms with Gasteiger partial charge in [0.1, 0.15) is 0 Å². The lowest BCUT2D eigenvalue weighted by Gasteiger charge is -2.10. The van der Waals surface area contributed by atoms with Crippen LogP contribution in [0.4, 0.5) is 0 Å². The highest BCUT2D eigenvalue weighted by Gasteiger charge is 2.08. The lowest BCUT2D eigenvalue weighted by molar-refractivity contribution is -0.138. The molecule has 1 amide bonds. The van der Waals surface area contributed by atoms with E-state index in [-0.39, 0.29) is 24.8 Å². The first-order valence-corrected chi connectivity index (χ1v) is 4.69. The van der Waals surface area contributed by atoms with Crippen molar-refractivity contribution in [1.29, 1.82) is 0 Å². The molecule has 0 aromatic heterocycles. The molecule has 0 radical (unpaired) electrons. The third-order valence-electron chi connectivity index (χ3n) is 1.68. The molecule has 0 aliphatic heterocycles. The molecule has 3 N–H and O–H groups in total. The van der Waals surface area contributed by atoms with Crippen molar-refractivity contribution in [2.75, 3.05) is 19.6 Å². The summed E-state index contributed by atoms with van der Waals surface area (Å²) in [6, 6.07) is 0. The average molecular weight is 212 g/mol. The normalized spacial score (nSPS) is 11.5. The van der Waals surface area contributed by atoms with E-state index in [1.54, 1.807) is 6.92 Å². The number of carbonyl (C=O) groups is 2. The van der Waals surface area contributed by atoms with Gasteiger partial charge < -0.3 is 10.4 Å². The zero-order valence-corrected chi connectivity index (χ0v) is 8.75. The zero-order chi connectivity index (χ0) is 11.7. The van der Waals surface area contributed by atoms with Crippen LogP contribution in [0.25, 0.3) is 0 Å². The van der Waals surface area contributed by atoms with Gasteiger partial charge in [0.25, 0.3) is 0 Å². The van der Waals surface area contributed by atoms with Gasteiger partial charge in [-0.3, -0.25) is 14.9 Å².